The van der Waals surface area contributed by atoms with Crippen LogP contribution in [0.5, 0.6) is 0 Å². The van der Waals surface area contributed by atoms with Gasteiger partial charge in [-0.1, -0.05) is 63.0 Å². The van der Waals surface area contributed by atoms with Crippen molar-refractivity contribution >= 4 is 37.6 Å². The van der Waals surface area contributed by atoms with Crippen LogP contribution in [0.25, 0.3) is 0 Å². The molecule has 0 radical (unpaired) electrons. The molecule has 4 aliphatic rings. The van der Waals surface area contributed by atoms with Gasteiger partial charge in [-0.3, -0.25) is 0 Å². The van der Waals surface area contributed by atoms with Crippen LogP contribution in [-0.4, -0.2) is 15.5 Å². The average Bonchev–Trinajstić information content (AvgIpc) is 3.32. The van der Waals surface area contributed by atoms with E-state index in [0.717, 1.165) is 35.5 Å². The Morgan fingerprint density at radius 3 is 1.81 bits per heavy atom. The fourth-order valence-corrected chi connectivity index (χ4v) is 6.23. The fourth-order valence-electron chi connectivity index (χ4n) is 4.85. The molecule has 4 bridgehead atoms. The van der Waals surface area contributed by atoms with Gasteiger partial charge in [-0.05, 0) is 67.2 Å². The third-order valence-corrected chi connectivity index (χ3v) is 8.20. The van der Waals surface area contributed by atoms with Crippen molar-refractivity contribution in [1.29, 1.82) is 0 Å². The molecule has 0 nitrogen and oxygen atoms in total. The molecule has 6 unspecified atom stereocenters. The van der Waals surface area contributed by atoms with Crippen LogP contribution in [0.15, 0.2) is 37.0 Å². The minimum Gasteiger partial charge on any atom is -0.172 e. The molecule has 0 aromatic carbocycles. The summed E-state index contributed by atoms with van der Waals surface area (Å²) in [5.41, 5.74) is 0. The van der Waals surface area contributed by atoms with Crippen LogP contribution in [0.2, 0.25) is 32.2 Å². The zero-order chi connectivity index (χ0) is 19.3. The summed E-state index contributed by atoms with van der Waals surface area (Å²) in [5, 5.41) is 0. The summed E-state index contributed by atoms with van der Waals surface area (Å²) in [5.74, 6) is 5.37. The molecule has 0 spiro atoms. The second kappa shape index (κ2) is 11.9. The molecule has 0 aliphatic heterocycles. The summed E-state index contributed by atoms with van der Waals surface area (Å²) in [4.78, 5) is 0. The van der Waals surface area contributed by atoms with E-state index in [1.165, 1.54) is 38.1 Å². The number of hydrogen-bond acceptors (Lipinski definition) is 0. The van der Waals surface area contributed by atoms with Crippen LogP contribution in [0.4, 0.5) is 0 Å². The number of hydrogen-bond donors (Lipinski definition) is 0. The van der Waals surface area contributed by atoms with Crippen molar-refractivity contribution in [2.45, 2.75) is 64.3 Å². The second-order valence-corrected chi connectivity index (χ2v) is 21.1. The summed E-state index contributed by atoms with van der Waals surface area (Å²) in [6.07, 6.45) is 18.7. The molecule has 4 rings (SSSR count). The molecular formula is C22H38Cl2PtSi2. The van der Waals surface area contributed by atoms with Gasteiger partial charge >= 0.3 is 0 Å². The molecule has 0 heterocycles. The first-order valence-electron chi connectivity index (χ1n) is 10.5. The smallest absolute Gasteiger partial charge is 0.150 e. The first-order valence-corrected chi connectivity index (χ1v) is 18.8. The summed E-state index contributed by atoms with van der Waals surface area (Å²) < 4.78 is 0. The number of halogens is 2. The minimum absolute atomic E-state index is 0. The molecule has 2 fully saturated rings. The Bertz CT molecular complexity index is 510. The van der Waals surface area contributed by atoms with Crippen LogP contribution in [0.1, 0.15) is 32.1 Å². The Kier molecular flexibility index (Phi) is 11.5. The van der Waals surface area contributed by atoms with E-state index in [0.29, 0.717) is 0 Å². The van der Waals surface area contributed by atoms with E-state index in [9.17, 15) is 0 Å². The van der Waals surface area contributed by atoms with E-state index in [-0.39, 0.29) is 21.1 Å². The van der Waals surface area contributed by atoms with Gasteiger partial charge in [0, 0.05) is 21.1 Å². The topological polar surface area (TPSA) is 0 Å². The van der Waals surface area contributed by atoms with Gasteiger partial charge in [-0.25, -0.2) is 0 Å². The third-order valence-electron chi connectivity index (χ3n) is 6.16. The molecule has 5 heteroatoms. The molecule has 0 aromatic rings. The van der Waals surface area contributed by atoms with Crippen molar-refractivity contribution in [3.05, 3.63) is 37.0 Å². The van der Waals surface area contributed by atoms with E-state index in [2.05, 4.69) is 63.1 Å². The Labute approximate surface area is 194 Å². The van der Waals surface area contributed by atoms with Gasteiger partial charge in [0.05, 0.1) is 0 Å². The van der Waals surface area contributed by atoms with Gasteiger partial charge in [0.2, 0.25) is 0 Å². The predicted molar refractivity (Wildman–Crippen MR) is 125 cm³/mol. The van der Waals surface area contributed by atoms with Crippen LogP contribution >= 0.6 is 22.2 Å². The molecular weight excluding hydrogens is 586 g/mol. The van der Waals surface area contributed by atoms with Gasteiger partial charge in [0.15, 0.2) is 7.38 Å². The van der Waals surface area contributed by atoms with Gasteiger partial charge in [-0.15, -0.1) is 6.58 Å². The van der Waals surface area contributed by atoms with Crippen LogP contribution < -0.4 is 0 Å². The number of fused-ring (bicyclic) bond motifs is 4. The monoisotopic (exact) mass is 623 g/mol. The third kappa shape index (κ3) is 9.08. The largest absolute Gasteiger partial charge is 0.172 e. The Morgan fingerprint density at radius 1 is 1.00 bits per heavy atom. The second-order valence-electron chi connectivity index (χ2n) is 9.49. The molecule has 0 N–H and O–H groups in total. The standard InChI is InChI=1S/C11H19ClSi.C9H12.C2H7ClSi.Pt/c1-13(2,12)6-5-11-8-9-3-4-10(11)7-9;1-2-8-5-7-3-4-9(8)6-7;1-4(2)3;/h3-4,9-11H,5-8H2,1-2H3;2-4,7-9H,1,5-6H2;4H,1-2H3;. The summed E-state index contributed by atoms with van der Waals surface area (Å²) in [7, 11) is -1.97. The molecule has 2 saturated carbocycles. The van der Waals surface area contributed by atoms with Crippen molar-refractivity contribution in [1.82, 2.24) is 0 Å². The van der Waals surface area contributed by atoms with Crippen LogP contribution in [0.3, 0.4) is 0 Å². The van der Waals surface area contributed by atoms with Crippen molar-refractivity contribution in [2.75, 3.05) is 0 Å². The fraction of sp³-hybridized carbons (Fsp3) is 0.727. The summed E-state index contributed by atoms with van der Waals surface area (Å²) >= 11 is 11.7. The van der Waals surface area contributed by atoms with Crippen molar-refractivity contribution in [2.24, 2.45) is 35.5 Å². The normalized spacial score (nSPS) is 34.6. The van der Waals surface area contributed by atoms with E-state index in [1.807, 2.05) is 0 Å². The zero-order valence-electron chi connectivity index (χ0n) is 17.5. The molecule has 6 atom stereocenters. The number of rotatable bonds is 4. The Hall–Kier alpha value is 0.922. The molecule has 4 aliphatic carbocycles. The van der Waals surface area contributed by atoms with Crippen LogP contribution in [-0.2, 0) is 21.1 Å². The van der Waals surface area contributed by atoms with Crippen molar-refractivity contribution in [3.63, 3.8) is 0 Å². The van der Waals surface area contributed by atoms with Gasteiger partial charge in [0.25, 0.3) is 0 Å². The van der Waals surface area contributed by atoms with E-state index < -0.39 is 15.5 Å². The maximum absolute atomic E-state index is 6.33. The first kappa shape index (κ1) is 26.0. The summed E-state index contributed by atoms with van der Waals surface area (Å²) in [6.45, 7) is 12.5. The molecule has 0 amide bonds. The van der Waals surface area contributed by atoms with E-state index in [4.69, 9.17) is 22.2 Å². The summed E-state index contributed by atoms with van der Waals surface area (Å²) in [6, 6.07) is 1.30. The average molecular weight is 625 g/mol. The van der Waals surface area contributed by atoms with Gasteiger partial charge in [0.1, 0.15) is 8.11 Å². The van der Waals surface area contributed by atoms with Crippen molar-refractivity contribution < 1.29 is 21.1 Å². The SMILES string of the molecule is C=CC1CC2C=CC1C2.C[SiH](C)Cl.C[Si](C)(Cl)CCC1CC2C=CC1C2.[Pt]. The van der Waals surface area contributed by atoms with Gasteiger partial charge in [-0.2, -0.15) is 22.2 Å². The van der Waals surface area contributed by atoms with Crippen LogP contribution in [0, 0.1) is 35.5 Å². The first-order chi connectivity index (χ1) is 12.2. The molecule has 0 aromatic heterocycles. The minimum atomic E-state index is -1.30. The quantitative estimate of drug-likeness (QED) is 0.172. The van der Waals surface area contributed by atoms with E-state index >= 15 is 0 Å². The zero-order valence-corrected chi connectivity index (χ0v) is 23.4. The van der Waals surface area contributed by atoms with Crippen molar-refractivity contribution in [3.8, 4) is 0 Å². The number of allylic oxidation sites excluding steroid dienone is 5. The molecule has 0 saturated heterocycles. The molecule has 158 valence electrons. The van der Waals surface area contributed by atoms with E-state index in [1.54, 1.807) is 0 Å². The molecule has 27 heavy (non-hydrogen) atoms. The Morgan fingerprint density at radius 2 is 1.52 bits per heavy atom. The van der Waals surface area contributed by atoms with Gasteiger partial charge < -0.3 is 0 Å². The maximum Gasteiger partial charge on any atom is 0.150 e. The Balaban J connectivity index is 0.000000228. The maximum atomic E-state index is 6.33. The predicted octanol–water partition coefficient (Wildman–Crippen LogP) is 7.62.